The summed E-state index contributed by atoms with van der Waals surface area (Å²) in [5.74, 6) is 0.160. The van der Waals surface area contributed by atoms with Crippen LogP contribution in [0.15, 0.2) is 16.7 Å². The van der Waals surface area contributed by atoms with Crippen molar-refractivity contribution < 1.29 is 19.1 Å². The number of hydrogen-bond donors (Lipinski definition) is 3. The fourth-order valence-electron chi connectivity index (χ4n) is 2.67. The summed E-state index contributed by atoms with van der Waals surface area (Å²) in [6, 6.07) is 1.56. The molecule has 6 heteroatoms. The predicted molar refractivity (Wildman–Crippen MR) is 76.8 cm³/mol. The van der Waals surface area contributed by atoms with E-state index in [0.29, 0.717) is 11.3 Å². The van der Waals surface area contributed by atoms with Gasteiger partial charge in [0.15, 0.2) is 0 Å². The first-order chi connectivity index (χ1) is 10.1. The van der Waals surface area contributed by atoms with Crippen LogP contribution in [0.3, 0.4) is 0 Å². The molecule has 0 aromatic carbocycles. The number of aryl methyl sites for hydroxylation is 1. The Labute approximate surface area is 123 Å². The number of rotatable bonds is 6. The third-order valence-corrected chi connectivity index (χ3v) is 3.97. The van der Waals surface area contributed by atoms with Crippen LogP contribution < -0.4 is 10.6 Å². The van der Waals surface area contributed by atoms with Gasteiger partial charge in [0.2, 0.25) is 5.91 Å². The molecule has 2 amide bonds. The fourth-order valence-corrected chi connectivity index (χ4v) is 2.67. The first kappa shape index (κ1) is 15.6. The van der Waals surface area contributed by atoms with Gasteiger partial charge >= 0.3 is 0 Å². The number of carbonyl (C=O) groups is 2. The molecular formula is C15H22N2O4. The lowest BCUT2D eigenvalue weighted by atomic mass is 10.0. The monoisotopic (exact) mass is 294 g/mol. The summed E-state index contributed by atoms with van der Waals surface area (Å²) in [6.07, 6.45) is 5.28. The highest BCUT2D eigenvalue weighted by Crippen LogP contribution is 2.27. The van der Waals surface area contributed by atoms with E-state index in [1.165, 1.54) is 6.26 Å². The lowest BCUT2D eigenvalue weighted by Gasteiger charge is -2.18. The molecule has 0 aliphatic heterocycles. The Morgan fingerprint density at radius 2 is 2.10 bits per heavy atom. The molecule has 116 valence electrons. The second-order valence-corrected chi connectivity index (χ2v) is 5.49. The molecule has 1 fully saturated rings. The maximum Gasteiger partial charge on any atom is 0.255 e. The molecule has 1 saturated carbocycles. The van der Waals surface area contributed by atoms with E-state index in [4.69, 9.17) is 4.42 Å². The third-order valence-electron chi connectivity index (χ3n) is 3.97. The Kier molecular flexibility index (Phi) is 5.38. The predicted octanol–water partition coefficient (Wildman–Crippen LogP) is 0.985. The van der Waals surface area contributed by atoms with Crippen molar-refractivity contribution in [2.24, 2.45) is 5.92 Å². The Morgan fingerprint density at radius 3 is 2.71 bits per heavy atom. The Balaban J connectivity index is 1.67. The second kappa shape index (κ2) is 7.26. The highest BCUT2D eigenvalue weighted by Gasteiger charge is 2.23. The van der Waals surface area contributed by atoms with Crippen molar-refractivity contribution in [3.63, 3.8) is 0 Å². The van der Waals surface area contributed by atoms with Gasteiger partial charge in [-0.15, -0.1) is 0 Å². The second-order valence-electron chi connectivity index (χ2n) is 5.49. The van der Waals surface area contributed by atoms with Crippen molar-refractivity contribution >= 4 is 11.8 Å². The summed E-state index contributed by atoms with van der Waals surface area (Å²) in [6.45, 7) is 1.82. The van der Waals surface area contributed by atoms with E-state index in [1.807, 2.05) is 0 Å². The molecule has 0 radical (unpaired) electrons. The number of aliphatic hydroxyl groups is 1. The number of furan rings is 1. The molecule has 0 bridgehead atoms. The van der Waals surface area contributed by atoms with Gasteiger partial charge in [0.1, 0.15) is 5.76 Å². The fraction of sp³-hybridized carbons (Fsp3) is 0.600. The molecular weight excluding hydrogens is 272 g/mol. The molecule has 3 N–H and O–H groups in total. The van der Waals surface area contributed by atoms with Crippen LogP contribution in [0.4, 0.5) is 0 Å². The van der Waals surface area contributed by atoms with Gasteiger partial charge in [-0.1, -0.05) is 12.8 Å². The van der Waals surface area contributed by atoms with Gasteiger partial charge in [0, 0.05) is 6.54 Å². The number of aliphatic hydroxyl groups excluding tert-OH is 1. The molecule has 1 unspecified atom stereocenters. The van der Waals surface area contributed by atoms with Gasteiger partial charge in [-0.2, -0.15) is 0 Å². The zero-order valence-electron chi connectivity index (χ0n) is 12.2. The summed E-state index contributed by atoms with van der Waals surface area (Å²) in [7, 11) is 0. The standard InChI is InChI=1S/C15H22N2O4/c1-10-12(6-7-21-10)15(20)17-9-14(19)16-8-13(18)11-4-2-3-5-11/h6-7,11,13,18H,2-5,8-9H2,1H3,(H,16,19)(H,17,20). The summed E-state index contributed by atoms with van der Waals surface area (Å²) in [5, 5.41) is 15.1. The van der Waals surface area contributed by atoms with Crippen LogP contribution in [0.1, 0.15) is 41.8 Å². The van der Waals surface area contributed by atoms with E-state index in [1.54, 1.807) is 13.0 Å². The smallest absolute Gasteiger partial charge is 0.255 e. The molecule has 21 heavy (non-hydrogen) atoms. The van der Waals surface area contributed by atoms with E-state index in [9.17, 15) is 14.7 Å². The molecule has 1 aromatic rings. The Bertz CT molecular complexity index is 492. The van der Waals surface area contributed by atoms with Crippen molar-refractivity contribution in [2.45, 2.75) is 38.7 Å². The first-order valence-electron chi connectivity index (χ1n) is 7.35. The van der Waals surface area contributed by atoms with E-state index < -0.39 is 6.10 Å². The van der Waals surface area contributed by atoms with Gasteiger partial charge in [0.05, 0.1) is 24.5 Å². The quantitative estimate of drug-likeness (QED) is 0.729. The highest BCUT2D eigenvalue weighted by atomic mass is 16.3. The van der Waals surface area contributed by atoms with Crippen LogP contribution in [0.25, 0.3) is 0 Å². The SMILES string of the molecule is Cc1occc1C(=O)NCC(=O)NCC(O)C1CCCC1. The van der Waals surface area contributed by atoms with Crippen LogP contribution in [0.2, 0.25) is 0 Å². The van der Waals surface area contributed by atoms with Crippen molar-refractivity contribution in [1.29, 1.82) is 0 Å². The number of amides is 2. The zero-order valence-corrected chi connectivity index (χ0v) is 12.2. The van der Waals surface area contributed by atoms with Crippen LogP contribution in [-0.2, 0) is 4.79 Å². The van der Waals surface area contributed by atoms with E-state index >= 15 is 0 Å². The van der Waals surface area contributed by atoms with Gasteiger partial charge in [-0.25, -0.2) is 0 Å². The molecule has 1 aliphatic rings. The average molecular weight is 294 g/mol. The molecule has 1 heterocycles. The summed E-state index contributed by atoms with van der Waals surface area (Å²) in [5.41, 5.74) is 0.425. The summed E-state index contributed by atoms with van der Waals surface area (Å²) < 4.78 is 5.03. The third kappa shape index (κ3) is 4.32. The van der Waals surface area contributed by atoms with E-state index in [-0.39, 0.29) is 30.8 Å². The maximum absolute atomic E-state index is 11.8. The number of hydrogen-bond acceptors (Lipinski definition) is 4. The first-order valence-corrected chi connectivity index (χ1v) is 7.35. The van der Waals surface area contributed by atoms with Crippen molar-refractivity contribution in [3.8, 4) is 0 Å². The minimum atomic E-state index is -0.497. The topological polar surface area (TPSA) is 91.6 Å². The lowest BCUT2D eigenvalue weighted by Crippen LogP contribution is -2.41. The number of carbonyl (C=O) groups excluding carboxylic acids is 2. The van der Waals surface area contributed by atoms with Gasteiger partial charge < -0.3 is 20.2 Å². The molecule has 1 aliphatic carbocycles. The van der Waals surface area contributed by atoms with Crippen molar-refractivity contribution in [3.05, 3.63) is 23.7 Å². The summed E-state index contributed by atoms with van der Waals surface area (Å²) >= 11 is 0. The molecule has 0 spiro atoms. The lowest BCUT2D eigenvalue weighted by molar-refractivity contribution is -0.120. The zero-order chi connectivity index (χ0) is 15.2. The normalized spacial score (nSPS) is 16.7. The largest absolute Gasteiger partial charge is 0.469 e. The minimum Gasteiger partial charge on any atom is -0.469 e. The number of nitrogens with one attached hydrogen (secondary N) is 2. The molecule has 6 nitrogen and oxygen atoms in total. The van der Waals surface area contributed by atoms with Gasteiger partial charge in [0.25, 0.3) is 5.91 Å². The summed E-state index contributed by atoms with van der Waals surface area (Å²) in [4.78, 5) is 23.4. The highest BCUT2D eigenvalue weighted by molar-refractivity contribution is 5.97. The Morgan fingerprint density at radius 1 is 1.38 bits per heavy atom. The molecule has 0 saturated heterocycles. The van der Waals surface area contributed by atoms with Crippen LogP contribution in [-0.4, -0.2) is 36.1 Å². The van der Waals surface area contributed by atoms with E-state index in [0.717, 1.165) is 25.7 Å². The Hall–Kier alpha value is -1.82. The average Bonchev–Trinajstić information content (AvgIpc) is 3.13. The maximum atomic E-state index is 11.8. The minimum absolute atomic E-state index is 0.110. The van der Waals surface area contributed by atoms with Gasteiger partial charge in [-0.3, -0.25) is 9.59 Å². The van der Waals surface area contributed by atoms with Crippen LogP contribution in [0, 0.1) is 12.8 Å². The van der Waals surface area contributed by atoms with Crippen LogP contribution >= 0.6 is 0 Å². The van der Waals surface area contributed by atoms with Crippen molar-refractivity contribution in [1.82, 2.24) is 10.6 Å². The van der Waals surface area contributed by atoms with Gasteiger partial charge in [-0.05, 0) is 31.7 Å². The molecule has 1 aromatic heterocycles. The molecule has 2 rings (SSSR count). The van der Waals surface area contributed by atoms with Crippen molar-refractivity contribution in [2.75, 3.05) is 13.1 Å². The van der Waals surface area contributed by atoms with Crippen LogP contribution in [0.5, 0.6) is 0 Å². The van der Waals surface area contributed by atoms with E-state index in [2.05, 4.69) is 10.6 Å². The molecule has 1 atom stereocenters.